The maximum Gasteiger partial charge on any atom is 0.345 e. The molecule has 5 heteroatoms. The Morgan fingerprint density at radius 2 is 2.07 bits per heavy atom. The summed E-state index contributed by atoms with van der Waals surface area (Å²) < 4.78 is 0. The Morgan fingerprint density at radius 1 is 1.29 bits per heavy atom. The molecule has 2 heterocycles. The molecule has 72 valence electrons. The van der Waals surface area contributed by atoms with Crippen molar-refractivity contribution in [3.05, 3.63) is 33.4 Å². The third-order valence-electron chi connectivity index (χ3n) is 1.87. The summed E-state index contributed by atoms with van der Waals surface area (Å²) >= 11 is 1.55. The van der Waals surface area contributed by atoms with Gasteiger partial charge in [0, 0.05) is 12.4 Å². The summed E-state index contributed by atoms with van der Waals surface area (Å²) in [6.07, 6.45) is 3.33. The molecule has 0 aliphatic carbocycles. The van der Waals surface area contributed by atoms with E-state index >= 15 is 0 Å². The quantitative estimate of drug-likeness (QED) is 0.771. The monoisotopic (exact) mass is 207 g/mol. The Bertz CT molecular complexity index is 515. The smallest absolute Gasteiger partial charge is 0.304 e. The number of aryl methyl sites for hydroxylation is 2. The first-order chi connectivity index (χ1) is 6.66. The summed E-state index contributed by atoms with van der Waals surface area (Å²) in [6.45, 7) is 3.84. The molecule has 0 fully saturated rings. The highest BCUT2D eigenvalue weighted by Crippen LogP contribution is 2.24. The van der Waals surface area contributed by atoms with E-state index in [4.69, 9.17) is 0 Å². The Hall–Kier alpha value is -1.49. The summed E-state index contributed by atoms with van der Waals surface area (Å²) in [5.41, 5.74) is 1.44. The molecular formula is C9H9N3OS. The van der Waals surface area contributed by atoms with Gasteiger partial charge in [0.05, 0.1) is 15.6 Å². The lowest BCUT2D eigenvalue weighted by molar-refractivity contribution is 1.06. The van der Waals surface area contributed by atoms with Crippen molar-refractivity contribution in [3.63, 3.8) is 0 Å². The number of hydrogen-bond donors (Lipinski definition) is 1. The molecule has 0 radical (unpaired) electrons. The highest BCUT2D eigenvalue weighted by Gasteiger charge is 2.06. The van der Waals surface area contributed by atoms with Crippen molar-refractivity contribution < 1.29 is 0 Å². The Morgan fingerprint density at radius 3 is 2.71 bits per heavy atom. The number of thiazole rings is 1. The van der Waals surface area contributed by atoms with Crippen LogP contribution in [-0.4, -0.2) is 15.0 Å². The van der Waals surface area contributed by atoms with Crippen molar-refractivity contribution in [3.8, 4) is 10.6 Å². The van der Waals surface area contributed by atoms with Gasteiger partial charge in [-0.15, -0.1) is 11.3 Å². The standard InChI is InChI=1S/C9H9N3OS/c1-5-3-11-9(13)12-8(5)7-4-10-6(2)14-7/h3-4H,1-2H3,(H,11,12,13). The van der Waals surface area contributed by atoms with Crippen LogP contribution in [0.5, 0.6) is 0 Å². The zero-order valence-corrected chi connectivity index (χ0v) is 8.68. The first-order valence-electron chi connectivity index (χ1n) is 4.15. The predicted octanol–water partition coefficient (Wildman–Crippen LogP) is 1.51. The van der Waals surface area contributed by atoms with Gasteiger partial charge < -0.3 is 4.98 Å². The van der Waals surface area contributed by atoms with Crippen molar-refractivity contribution in [2.75, 3.05) is 0 Å². The average Bonchev–Trinajstić information content (AvgIpc) is 2.56. The molecule has 1 N–H and O–H groups in total. The molecule has 2 rings (SSSR count). The number of rotatable bonds is 1. The number of aromatic amines is 1. The van der Waals surface area contributed by atoms with E-state index in [-0.39, 0.29) is 5.69 Å². The highest BCUT2D eigenvalue weighted by atomic mass is 32.1. The fourth-order valence-electron chi connectivity index (χ4n) is 1.19. The lowest BCUT2D eigenvalue weighted by Crippen LogP contribution is -2.10. The van der Waals surface area contributed by atoms with E-state index in [2.05, 4.69) is 15.0 Å². The Labute approximate surface area is 84.7 Å². The minimum absolute atomic E-state index is 0.323. The number of nitrogens with one attached hydrogen (secondary N) is 1. The average molecular weight is 207 g/mol. The number of H-pyrrole nitrogens is 1. The molecule has 14 heavy (non-hydrogen) atoms. The van der Waals surface area contributed by atoms with E-state index < -0.39 is 0 Å². The topological polar surface area (TPSA) is 58.6 Å². The van der Waals surface area contributed by atoms with Gasteiger partial charge >= 0.3 is 5.69 Å². The zero-order valence-electron chi connectivity index (χ0n) is 7.87. The van der Waals surface area contributed by atoms with Gasteiger partial charge in [0.25, 0.3) is 0 Å². The fraction of sp³-hybridized carbons (Fsp3) is 0.222. The van der Waals surface area contributed by atoms with Crippen molar-refractivity contribution >= 4 is 11.3 Å². The minimum Gasteiger partial charge on any atom is -0.304 e. The lowest BCUT2D eigenvalue weighted by atomic mass is 10.2. The molecular weight excluding hydrogens is 198 g/mol. The number of aromatic nitrogens is 3. The molecule has 0 saturated heterocycles. The largest absolute Gasteiger partial charge is 0.345 e. The highest BCUT2D eigenvalue weighted by molar-refractivity contribution is 7.15. The molecule has 0 aliphatic rings. The second-order valence-corrected chi connectivity index (χ2v) is 4.22. The van der Waals surface area contributed by atoms with Gasteiger partial charge in [0.15, 0.2) is 0 Å². The van der Waals surface area contributed by atoms with Gasteiger partial charge in [-0.2, -0.15) is 0 Å². The van der Waals surface area contributed by atoms with Crippen molar-refractivity contribution in [1.29, 1.82) is 0 Å². The molecule has 0 aromatic carbocycles. The minimum atomic E-state index is -0.323. The molecule has 4 nitrogen and oxygen atoms in total. The van der Waals surface area contributed by atoms with E-state index in [1.165, 1.54) is 0 Å². The number of hydrogen-bond acceptors (Lipinski definition) is 4. The van der Waals surface area contributed by atoms with Crippen LogP contribution in [0, 0.1) is 13.8 Å². The first kappa shape index (κ1) is 9.08. The summed E-state index contributed by atoms with van der Waals surface area (Å²) in [5.74, 6) is 0. The van der Waals surface area contributed by atoms with Crippen LogP contribution in [0.25, 0.3) is 10.6 Å². The second kappa shape index (κ2) is 3.34. The summed E-state index contributed by atoms with van der Waals surface area (Å²) in [7, 11) is 0. The predicted molar refractivity (Wildman–Crippen MR) is 55.4 cm³/mol. The molecule has 2 aromatic rings. The summed E-state index contributed by atoms with van der Waals surface area (Å²) in [6, 6.07) is 0. The van der Waals surface area contributed by atoms with Crippen LogP contribution >= 0.6 is 11.3 Å². The normalized spacial score (nSPS) is 10.4. The SMILES string of the molecule is Cc1ncc(-c2[nH]c(=O)ncc2C)s1. The first-order valence-corrected chi connectivity index (χ1v) is 4.97. The van der Waals surface area contributed by atoms with E-state index in [1.807, 2.05) is 13.8 Å². The Kier molecular flexibility index (Phi) is 2.17. The van der Waals surface area contributed by atoms with Crippen LogP contribution in [0.3, 0.4) is 0 Å². The molecule has 0 aliphatic heterocycles. The van der Waals surface area contributed by atoms with Gasteiger partial charge in [0.1, 0.15) is 0 Å². The van der Waals surface area contributed by atoms with Crippen molar-refractivity contribution in [1.82, 2.24) is 15.0 Å². The fourth-order valence-corrected chi connectivity index (χ4v) is 2.03. The van der Waals surface area contributed by atoms with Gasteiger partial charge in [-0.3, -0.25) is 0 Å². The molecule has 0 spiro atoms. The van der Waals surface area contributed by atoms with E-state index in [9.17, 15) is 4.79 Å². The molecule has 0 amide bonds. The number of nitrogens with zero attached hydrogens (tertiary/aromatic N) is 2. The van der Waals surface area contributed by atoms with Crippen LogP contribution in [0.15, 0.2) is 17.2 Å². The van der Waals surface area contributed by atoms with Crippen LogP contribution < -0.4 is 5.69 Å². The van der Waals surface area contributed by atoms with E-state index in [1.54, 1.807) is 23.7 Å². The third-order valence-corrected chi connectivity index (χ3v) is 2.80. The van der Waals surface area contributed by atoms with Crippen LogP contribution in [-0.2, 0) is 0 Å². The maximum atomic E-state index is 11.0. The third kappa shape index (κ3) is 1.58. The molecule has 0 atom stereocenters. The molecule has 0 saturated carbocycles. The van der Waals surface area contributed by atoms with Gasteiger partial charge in [-0.1, -0.05) is 0 Å². The second-order valence-electron chi connectivity index (χ2n) is 2.99. The summed E-state index contributed by atoms with van der Waals surface area (Å²) in [4.78, 5) is 22.5. The van der Waals surface area contributed by atoms with Crippen molar-refractivity contribution in [2.24, 2.45) is 0 Å². The van der Waals surface area contributed by atoms with Crippen molar-refractivity contribution in [2.45, 2.75) is 13.8 Å². The van der Waals surface area contributed by atoms with E-state index in [0.717, 1.165) is 21.1 Å². The molecule has 0 unspecified atom stereocenters. The van der Waals surface area contributed by atoms with Gasteiger partial charge in [-0.25, -0.2) is 14.8 Å². The zero-order chi connectivity index (χ0) is 10.1. The summed E-state index contributed by atoms with van der Waals surface area (Å²) in [5, 5.41) is 0.983. The van der Waals surface area contributed by atoms with Crippen LogP contribution in [0.4, 0.5) is 0 Å². The maximum absolute atomic E-state index is 11.0. The van der Waals surface area contributed by atoms with Crippen LogP contribution in [0.2, 0.25) is 0 Å². The van der Waals surface area contributed by atoms with Crippen LogP contribution in [0.1, 0.15) is 10.6 Å². The van der Waals surface area contributed by atoms with E-state index in [0.29, 0.717) is 0 Å². The molecule has 0 bridgehead atoms. The molecule has 2 aromatic heterocycles. The lowest BCUT2D eigenvalue weighted by Gasteiger charge is -1.99. The van der Waals surface area contributed by atoms with Gasteiger partial charge in [-0.05, 0) is 19.4 Å². The Balaban J connectivity index is 2.61. The van der Waals surface area contributed by atoms with Gasteiger partial charge in [0.2, 0.25) is 0 Å².